The average molecular weight is 333 g/mol. The van der Waals surface area contributed by atoms with Crippen molar-refractivity contribution in [2.24, 2.45) is 5.92 Å². The molecular formula is C18H27N3O3. The number of carbonyl (C=O) groups is 1. The largest absolute Gasteiger partial charge is 0.368 e. The molecule has 0 N–H and O–H groups in total. The summed E-state index contributed by atoms with van der Waals surface area (Å²) in [5.41, 5.74) is 0. The van der Waals surface area contributed by atoms with E-state index < -0.39 is 0 Å². The van der Waals surface area contributed by atoms with E-state index in [4.69, 9.17) is 9.26 Å². The molecule has 6 heteroatoms. The molecule has 2 heterocycles. The Labute approximate surface area is 142 Å². The summed E-state index contributed by atoms with van der Waals surface area (Å²) < 4.78 is 11.3. The van der Waals surface area contributed by atoms with Crippen LogP contribution in [0.5, 0.6) is 0 Å². The van der Waals surface area contributed by atoms with Crippen molar-refractivity contribution in [3.8, 4) is 0 Å². The minimum absolute atomic E-state index is 0.0406. The third-order valence-electron chi connectivity index (χ3n) is 5.71. The Morgan fingerprint density at radius 1 is 1.21 bits per heavy atom. The Morgan fingerprint density at radius 2 is 2.04 bits per heavy atom. The van der Waals surface area contributed by atoms with Crippen LogP contribution < -0.4 is 0 Å². The molecular weight excluding hydrogens is 306 g/mol. The predicted molar refractivity (Wildman–Crippen MR) is 87.3 cm³/mol. The highest BCUT2D eigenvalue weighted by Crippen LogP contribution is 2.40. The molecule has 3 aliphatic rings. The molecule has 1 aliphatic heterocycles. The molecule has 3 fully saturated rings. The van der Waals surface area contributed by atoms with Gasteiger partial charge in [0.15, 0.2) is 5.82 Å². The lowest BCUT2D eigenvalue weighted by atomic mass is 9.88. The molecule has 0 spiro atoms. The number of amides is 1. The van der Waals surface area contributed by atoms with Crippen LogP contribution in [0.3, 0.4) is 0 Å². The first-order valence-corrected chi connectivity index (χ1v) is 9.47. The molecule has 0 aromatic carbocycles. The van der Waals surface area contributed by atoms with E-state index in [1.165, 1.54) is 19.3 Å². The van der Waals surface area contributed by atoms with Crippen molar-refractivity contribution in [3.05, 3.63) is 11.7 Å². The van der Waals surface area contributed by atoms with Crippen LogP contribution in [0.15, 0.2) is 4.52 Å². The average Bonchev–Trinajstić information content (AvgIpc) is 3.12. The molecule has 3 atom stereocenters. The maximum Gasteiger partial charge on any atom is 0.249 e. The number of likely N-dealkylation sites (tertiary alicyclic amines) is 1. The molecule has 1 aromatic rings. The highest BCUT2D eigenvalue weighted by molar-refractivity contribution is 5.78. The highest BCUT2D eigenvalue weighted by Gasteiger charge is 2.36. The third-order valence-corrected chi connectivity index (χ3v) is 5.71. The summed E-state index contributed by atoms with van der Waals surface area (Å²) in [6.07, 6.45) is 9.19. The van der Waals surface area contributed by atoms with Crippen molar-refractivity contribution in [2.45, 2.75) is 76.4 Å². The van der Waals surface area contributed by atoms with Gasteiger partial charge in [0.05, 0.1) is 12.1 Å². The molecule has 2 saturated carbocycles. The van der Waals surface area contributed by atoms with Gasteiger partial charge in [-0.2, -0.15) is 4.98 Å². The van der Waals surface area contributed by atoms with Crippen LogP contribution in [0.4, 0.5) is 0 Å². The van der Waals surface area contributed by atoms with Crippen LogP contribution in [0.25, 0.3) is 0 Å². The summed E-state index contributed by atoms with van der Waals surface area (Å²) >= 11 is 0. The zero-order valence-corrected chi connectivity index (χ0v) is 14.4. The van der Waals surface area contributed by atoms with Crippen molar-refractivity contribution < 1.29 is 14.1 Å². The van der Waals surface area contributed by atoms with Gasteiger partial charge >= 0.3 is 0 Å². The quantitative estimate of drug-likeness (QED) is 0.827. The monoisotopic (exact) mass is 333 g/mol. The van der Waals surface area contributed by atoms with E-state index in [-0.39, 0.29) is 24.7 Å². The van der Waals surface area contributed by atoms with Crippen LogP contribution in [0.1, 0.15) is 82.0 Å². The number of rotatable bonds is 5. The second kappa shape index (κ2) is 6.82. The van der Waals surface area contributed by atoms with E-state index in [0.29, 0.717) is 17.7 Å². The Morgan fingerprint density at radius 3 is 2.83 bits per heavy atom. The standard InChI is InChI=1S/C18H27N3O3/c1-12-5-2-3-7-15(12)23-11-16(22)21-10-4-6-14(21)17-19-18(24-20-17)13-8-9-13/h12-15H,2-11H2,1H3/t12-,14+,15-/m1/s1. The van der Waals surface area contributed by atoms with Gasteiger partial charge in [0, 0.05) is 12.5 Å². The first-order valence-electron chi connectivity index (χ1n) is 9.47. The summed E-state index contributed by atoms with van der Waals surface area (Å²) in [5, 5.41) is 4.13. The fourth-order valence-electron chi connectivity index (χ4n) is 4.00. The van der Waals surface area contributed by atoms with Gasteiger partial charge < -0.3 is 14.2 Å². The normalized spacial score (nSPS) is 30.7. The van der Waals surface area contributed by atoms with E-state index >= 15 is 0 Å². The molecule has 0 bridgehead atoms. The maximum atomic E-state index is 12.6. The van der Waals surface area contributed by atoms with E-state index in [0.717, 1.165) is 44.5 Å². The van der Waals surface area contributed by atoms with E-state index in [9.17, 15) is 4.79 Å². The van der Waals surface area contributed by atoms with Crippen molar-refractivity contribution in [2.75, 3.05) is 13.2 Å². The summed E-state index contributed by atoms with van der Waals surface area (Å²) in [6.45, 7) is 3.17. The van der Waals surface area contributed by atoms with E-state index in [2.05, 4.69) is 17.1 Å². The zero-order chi connectivity index (χ0) is 16.5. The Bertz CT molecular complexity index is 584. The van der Waals surface area contributed by atoms with Crippen molar-refractivity contribution >= 4 is 5.91 Å². The van der Waals surface area contributed by atoms with Crippen LogP contribution in [0.2, 0.25) is 0 Å². The fraction of sp³-hybridized carbons (Fsp3) is 0.833. The number of aromatic nitrogens is 2. The van der Waals surface area contributed by atoms with Gasteiger partial charge in [-0.25, -0.2) is 0 Å². The minimum Gasteiger partial charge on any atom is -0.368 e. The molecule has 4 rings (SSSR count). The molecule has 24 heavy (non-hydrogen) atoms. The lowest BCUT2D eigenvalue weighted by Crippen LogP contribution is -2.36. The smallest absolute Gasteiger partial charge is 0.249 e. The predicted octanol–water partition coefficient (Wildman–Crippen LogP) is 3.21. The van der Waals surface area contributed by atoms with Crippen LogP contribution in [-0.4, -0.2) is 40.2 Å². The summed E-state index contributed by atoms with van der Waals surface area (Å²) in [5.74, 6) is 2.49. The summed E-state index contributed by atoms with van der Waals surface area (Å²) in [7, 11) is 0. The van der Waals surface area contributed by atoms with Crippen molar-refractivity contribution in [1.82, 2.24) is 15.0 Å². The SMILES string of the molecule is C[C@@H]1CCCC[C@H]1OCC(=O)N1CCC[C@H]1c1noc(C2CC2)n1. The maximum absolute atomic E-state index is 12.6. The number of hydrogen-bond acceptors (Lipinski definition) is 5. The lowest BCUT2D eigenvalue weighted by Gasteiger charge is -2.30. The molecule has 2 aliphatic carbocycles. The van der Waals surface area contributed by atoms with E-state index in [1.807, 2.05) is 4.90 Å². The van der Waals surface area contributed by atoms with Crippen LogP contribution in [0, 0.1) is 5.92 Å². The lowest BCUT2D eigenvalue weighted by molar-refractivity contribution is -0.141. The van der Waals surface area contributed by atoms with Crippen molar-refractivity contribution in [3.63, 3.8) is 0 Å². The molecule has 1 saturated heterocycles. The Kier molecular flexibility index (Phi) is 4.57. The molecule has 1 aromatic heterocycles. The molecule has 6 nitrogen and oxygen atoms in total. The first-order chi connectivity index (χ1) is 11.7. The first kappa shape index (κ1) is 16.1. The number of hydrogen-bond donors (Lipinski definition) is 0. The van der Waals surface area contributed by atoms with Gasteiger partial charge in [-0.1, -0.05) is 24.9 Å². The number of carbonyl (C=O) groups excluding carboxylic acids is 1. The number of nitrogens with zero attached hydrogens (tertiary/aromatic N) is 3. The topological polar surface area (TPSA) is 68.5 Å². The fourth-order valence-corrected chi connectivity index (χ4v) is 4.00. The highest BCUT2D eigenvalue weighted by atomic mass is 16.5. The van der Waals surface area contributed by atoms with E-state index in [1.54, 1.807) is 0 Å². The van der Waals surface area contributed by atoms with Crippen LogP contribution in [-0.2, 0) is 9.53 Å². The molecule has 0 radical (unpaired) electrons. The van der Waals surface area contributed by atoms with Gasteiger partial charge in [-0.15, -0.1) is 0 Å². The summed E-state index contributed by atoms with van der Waals surface area (Å²) in [4.78, 5) is 19.1. The molecule has 132 valence electrons. The second-order valence-corrected chi connectivity index (χ2v) is 7.62. The summed E-state index contributed by atoms with van der Waals surface area (Å²) in [6, 6.07) is -0.0406. The minimum atomic E-state index is -0.0406. The molecule has 1 amide bonds. The Hall–Kier alpha value is -1.43. The molecule has 0 unspecified atom stereocenters. The Balaban J connectivity index is 1.35. The third kappa shape index (κ3) is 3.34. The van der Waals surface area contributed by atoms with Crippen LogP contribution >= 0.6 is 0 Å². The van der Waals surface area contributed by atoms with Gasteiger partial charge in [0.2, 0.25) is 11.8 Å². The van der Waals surface area contributed by atoms with Gasteiger partial charge in [0.1, 0.15) is 6.61 Å². The van der Waals surface area contributed by atoms with Gasteiger partial charge in [-0.05, 0) is 44.4 Å². The number of ether oxygens (including phenoxy) is 1. The van der Waals surface area contributed by atoms with Gasteiger partial charge in [0.25, 0.3) is 0 Å². The van der Waals surface area contributed by atoms with Gasteiger partial charge in [-0.3, -0.25) is 4.79 Å². The zero-order valence-electron chi connectivity index (χ0n) is 14.4. The van der Waals surface area contributed by atoms with Crippen molar-refractivity contribution in [1.29, 1.82) is 0 Å². The second-order valence-electron chi connectivity index (χ2n) is 7.62.